The van der Waals surface area contributed by atoms with Crippen molar-refractivity contribution in [1.29, 1.82) is 0 Å². The zero-order chi connectivity index (χ0) is 30.0. The maximum Gasteiger partial charge on any atom is 0.0568 e. The predicted octanol–water partition coefficient (Wildman–Crippen LogP) is 11.5. The molecule has 0 saturated heterocycles. The quantitative estimate of drug-likeness (QED) is 0.193. The van der Waals surface area contributed by atoms with Gasteiger partial charge in [0.2, 0.25) is 0 Å². The van der Waals surface area contributed by atoms with Gasteiger partial charge in [-0.2, -0.15) is 0 Å². The molecule has 6 aromatic carbocycles. The highest BCUT2D eigenvalue weighted by atomic mass is 15.1. The zero-order valence-corrected chi connectivity index (χ0v) is 25.9. The van der Waals surface area contributed by atoms with Crippen LogP contribution in [0.15, 0.2) is 140 Å². The van der Waals surface area contributed by atoms with Crippen molar-refractivity contribution in [3.63, 3.8) is 0 Å². The molecule has 2 heteroatoms. The van der Waals surface area contributed by atoms with E-state index in [1.54, 1.807) is 5.56 Å². The van der Waals surface area contributed by atoms with E-state index in [1.807, 2.05) is 0 Å². The standard InChI is InChI=1S/C44H36N2/c1-3-11-33(12-4-1)45(35-21-19-30(20-22-35)43-26-29-23-31-24-32(28-43)44(31,43)27-29)40-25-41-42(37-16-8-7-15-36(37)40)38-17-9-10-18-39(38)46(41)34-13-5-2-6-14-34/h1-22,25,29,31-32H,23-24,26-28H2. The first-order valence-electron chi connectivity index (χ1n) is 17.2. The maximum atomic E-state index is 2.51. The van der Waals surface area contributed by atoms with Crippen LogP contribution in [-0.4, -0.2) is 4.57 Å². The molecule has 4 saturated carbocycles. The van der Waals surface area contributed by atoms with E-state index < -0.39 is 0 Å². The molecule has 7 aromatic rings. The van der Waals surface area contributed by atoms with Crippen LogP contribution in [-0.2, 0) is 5.41 Å². The third-order valence-corrected chi connectivity index (χ3v) is 13.0. The van der Waals surface area contributed by atoms with E-state index in [0.29, 0.717) is 10.8 Å². The third-order valence-electron chi connectivity index (χ3n) is 13.0. The number of nitrogens with zero attached hydrogens (tertiary/aromatic N) is 2. The van der Waals surface area contributed by atoms with E-state index in [0.717, 1.165) is 17.8 Å². The molecule has 0 amide bonds. The lowest BCUT2D eigenvalue weighted by Gasteiger charge is -2.73. The Kier molecular flexibility index (Phi) is 4.92. The summed E-state index contributed by atoms with van der Waals surface area (Å²) < 4.78 is 2.45. The van der Waals surface area contributed by atoms with Gasteiger partial charge in [0.15, 0.2) is 0 Å². The Bertz CT molecular complexity index is 2320. The summed E-state index contributed by atoms with van der Waals surface area (Å²) in [6, 6.07) is 51.9. The number of hydrogen-bond acceptors (Lipinski definition) is 1. The summed E-state index contributed by atoms with van der Waals surface area (Å²) in [6.07, 6.45) is 7.36. The van der Waals surface area contributed by atoms with Gasteiger partial charge in [0.1, 0.15) is 0 Å². The van der Waals surface area contributed by atoms with Crippen LogP contribution in [0.5, 0.6) is 0 Å². The first-order chi connectivity index (χ1) is 22.7. The number of aromatic nitrogens is 1. The summed E-state index contributed by atoms with van der Waals surface area (Å²) >= 11 is 0. The number of anilines is 3. The van der Waals surface area contributed by atoms with Crippen molar-refractivity contribution in [2.45, 2.75) is 37.5 Å². The van der Waals surface area contributed by atoms with Crippen LogP contribution in [0.4, 0.5) is 17.1 Å². The molecule has 1 spiro atoms. The molecule has 0 aliphatic heterocycles. The molecule has 2 nitrogen and oxygen atoms in total. The minimum Gasteiger partial charge on any atom is -0.310 e. The average molecular weight is 593 g/mol. The molecule has 5 unspecified atom stereocenters. The Hall–Kier alpha value is -4.82. The molecule has 46 heavy (non-hydrogen) atoms. The fraction of sp³-hybridized carbons (Fsp3) is 0.227. The van der Waals surface area contributed by atoms with Gasteiger partial charge in [-0.25, -0.2) is 0 Å². The molecule has 0 radical (unpaired) electrons. The number of fused-ring (bicyclic) bond motifs is 6. The molecular weight excluding hydrogens is 556 g/mol. The van der Waals surface area contributed by atoms with Gasteiger partial charge in [0, 0.05) is 38.6 Å². The minimum absolute atomic E-state index is 0.446. The second-order valence-corrected chi connectivity index (χ2v) is 14.7. The van der Waals surface area contributed by atoms with E-state index in [1.165, 1.54) is 87.4 Å². The van der Waals surface area contributed by atoms with Gasteiger partial charge in [0.25, 0.3) is 0 Å². The molecule has 11 rings (SSSR count). The predicted molar refractivity (Wildman–Crippen MR) is 191 cm³/mol. The maximum absolute atomic E-state index is 2.51. The zero-order valence-electron chi connectivity index (χ0n) is 25.9. The van der Waals surface area contributed by atoms with Gasteiger partial charge in [0.05, 0.1) is 16.7 Å². The Labute approximate surface area is 269 Å². The van der Waals surface area contributed by atoms with Crippen molar-refractivity contribution in [3.8, 4) is 5.69 Å². The van der Waals surface area contributed by atoms with Crippen molar-refractivity contribution in [2.75, 3.05) is 4.90 Å². The molecule has 4 aliphatic carbocycles. The van der Waals surface area contributed by atoms with E-state index in [9.17, 15) is 0 Å². The highest BCUT2D eigenvalue weighted by molar-refractivity contribution is 6.24. The van der Waals surface area contributed by atoms with Gasteiger partial charge in [-0.15, -0.1) is 0 Å². The number of rotatable bonds is 5. The Balaban J connectivity index is 1.15. The number of benzene rings is 6. The second kappa shape index (κ2) is 8.91. The molecule has 1 aromatic heterocycles. The normalized spacial score (nSPS) is 27.1. The summed E-state index contributed by atoms with van der Waals surface area (Å²) in [5.41, 5.74) is 9.96. The van der Waals surface area contributed by atoms with Gasteiger partial charge in [-0.3, -0.25) is 0 Å². The Morgan fingerprint density at radius 2 is 1.22 bits per heavy atom. The van der Waals surface area contributed by atoms with Gasteiger partial charge in [-0.05, 0) is 115 Å². The second-order valence-electron chi connectivity index (χ2n) is 14.7. The summed E-state index contributed by atoms with van der Waals surface area (Å²) in [7, 11) is 0. The van der Waals surface area contributed by atoms with E-state index in [-0.39, 0.29) is 0 Å². The molecule has 2 bridgehead atoms. The van der Waals surface area contributed by atoms with E-state index >= 15 is 0 Å². The highest BCUT2D eigenvalue weighted by Crippen LogP contribution is 2.86. The van der Waals surface area contributed by atoms with Crippen LogP contribution < -0.4 is 4.90 Å². The summed E-state index contributed by atoms with van der Waals surface area (Å²) in [4.78, 5) is 2.49. The Morgan fingerprint density at radius 1 is 0.543 bits per heavy atom. The lowest BCUT2D eigenvalue weighted by molar-refractivity contribution is -0.198. The van der Waals surface area contributed by atoms with Crippen molar-refractivity contribution in [1.82, 2.24) is 4.57 Å². The first kappa shape index (κ1) is 25.4. The van der Waals surface area contributed by atoms with Gasteiger partial charge < -0.3 is 9.47 Å². The molecule has 0 N–H and O–H groups in total. The smallest absolute Gasteiger partial charge is 0.0568 e. The monoisotopic (exact) mass is 592 g/mol. The lowest BCUT2D eigenvalue weighted by atomic mass is 9.31. The molecule has 222 valence electrons. The van der Waals surface area contributed by atoms with Gasteiger partial charge in [-0.1, -0.05) is 91.0 Å². The fourth-order valence-corrected chi connectivity index (χ4v) is 11.5. The van der Waals surface area contributed by atoms with Crippen molar-refractivity contribution in [3.05, 3.63) is 145 Å². The summed E-state index contributed by atoms with van der Waals surface area (Å²) in [6.45, 7) is 0. The van der Waals surface area contributed by atoms with Crippen LogP contribution in [0.3, 0.4) is 0 Å². The largest absolute Gasteiger partial charge is 0.310 e. The van der Waals surface area contributed by atoms with Crippen LogP contribution >= 0.6 is 0 Å². The van der Waals surface area contributed by atoms with Crippen LogP contribution in [0.1, 0.15) is 37.7 Å². The molecule has 4 aliphatic rings. The lowest BCUT2D eigenvalue weighted by Crippen LogP contribution is -2.68. The van der Waals surface area contributed by atoms with Crippen LogP contribution in [0.25, 0.3) is 38.3 Å². The summed E-state index contributed by atoms with van der Waals surface area (Å²) in [5.74, 6) is 2.97. The summed E-state index contributed by atoms with van der Waals surface area (Å²) in [5, 5.41) is 5.15. The van der Waals surface area contributed by atoms with Crippen molar-refractivity contribution in [2.24, 2.45) is 23.2 Å². The van der Waals surface area contributed by atoms with Gasteiger partial charge >= 0.3 is 0 Å². The number of hydrogen-bond donors (Lipinski definition) is 0. The first-order valence-corrected chi connectivity index (χ1v) is 17.2. The number of para-hydroxylation sites is 3. The molecular formula is C44H36N2. The third kappa shape index (κ3) is 3.03. The van der Waals surface area contributed by atoms with E-state index in [4.69, 9.17) is 0 Å². The highest BCUT2D eigenvalue weighted by Gasteiger charge is 2.80. The average Bonchev–Trinajstić information content (AvgIpc) is 3.73. The molecule has 1 heterocycles. The SMILES string of the molecule is c1ccc(N(c2ccc(C34CC5CC6CC(C3)C64C5)cc2)c2cc3c(c4ccccc24)c2ccccc2n3-c2ccccc2)cc1. The minimum atomic E-state index is 0.446. The topological polar surface area (TPSA) is 8.17 Å². The Morgan fingerprint density at radius 3 is 1.98 bits per heavy atom. The van der Waals surface area contributed by atoms with Crippen molar-refractivity contribution < 1.29 is 0 Å². The molecule has 4 fully saturated rings. The van der Waals surface area contributed by atoms with Crippen LogP contribution in [0, 0.1) is 23.2 Å². The molecule has 5 atom stereocenters. The van der Waals surface area contributed by atoms with Crippen molar-refractivity contribution >= 4 is 49.6 Å². The van der Waals surface area contributed by atoms with Crippen LogP contribution in [0.2, 0.25) is 0 Å². The fourth-order valence-electron chi connectivity index (χ4n) is 11.5. The van der Waals surface area contributed by atoms with E-state index in [2.05, 4.69) is 149 Å².